The Balaban J connectivity index is 2.85. The number of aliphatic hydroxyl groups is 5. The fourth-order valence-electron chi connectivity index (χ4n) is 1.71. The molecule has 9 heteroatoms. The van der Waals surface area contributed by atoms with Crippen molar-refractivity contribution in [2.75, 3.05) is 13.2 Å². The van der Waals surface area contributed by atoms with Gasteiger partial charge in [0.2, 0.25) is 5.91 Å². The number of hydrogen-bond acceptors (Lipinski definition) is 8. The van der Waals surface area contributed by atoms with Crippen LogP contribution in [0.2, 0.25) is 0 Å². The van der Waals surface area contributed by atoms with Crippen LogP contribution in [0.25, 0.3) is 0 Å². The largest absolute Gasteiger partial charge is 0.393 e. The van der Waals surface area contributed by atoms with E-state index >= 15 is 0 Å². The van der Waals surface area contributed by atoms with Gasteiger partial charge in [0.1, 0.15) is 23.9 Å². The Hall–Kier alpha value is -0.810. The van der Waals surface area contributed by atoms with Crippen molar-refractivity contribution in [1.29, 1.82) is 0 Å². The first kappa shape index (κ1) is 16.2. The van der Waals surface area contributed by atoms with E-state index in [-0.39, 0.29) is 0 Å². The molecular weight excluding hydrogens is 262 g/mol. The third-order valence-corrected chi connectivity index (χ3v) is 3.06. The van der Waals surface area contributed by atoms with Crippen molar-refractivity contribution in [3.63, 3.8) is 0 Å². The molecule has 19 heavy (non-hydrogen) atoms. The molecule has 0 bridgehead atoms. The number of nitrogens with two attached hydrogens (primary N) is 1. The molecule has 0 radical (unpaired) electrons. The van der Waals surface area contributed by atoms with Crippen LogP contribution in [0.4, 0.5) is 0 Å². The highest BCUT2D eigenvalue weighted by atomic mass is 16.7. The molecule has 0 saturated carbocycles. The minimum Gasteiger partial charge on any atom is -0.393 e. The summed E-state index contributed by atoms with van der Waals surface area (Å²) in [6.45, 7) is -0.101. The lowest BCUT2D eigenvalue weighted by molar-refractivity contribution is -0.340. The summed E-state index contributed by atoms with van der Waals surface area (Å²) in [6, 6.07) is 0. The monoisotopic (exact) mass is 281 g/mol. The quantitative estimate of drug-likeness (QED) is 0.297. The van der Waals surface area contributed by atoms with Crippen LogP contribution in [0.15, 0.2) is 0 Å². The molecule has 1 heterocycles. The van der Waals surface area contributed by atoms with Crippen LogP contribution in [0.1, 0.15) is 6.92 Å². The van der Waals surface area contributed by atoms with E-state index in [4.69, 9.17) is 25.4 Å². The zero-order chi connectivity index (χ0) is 14.8. The van der Waals surface area contributed by atoms with Crippen LogP contribution in [0.5, 0.6) is 0 Å². The van der Waals surface area contributed by atoms with Crippen LogP contribution in [0, 0.1) is 0 Å². The highest BCUT2D eigenvalue weighted by Gasteiger charge is 2.51. The molecule has 6 atom stereocenters. The van der Waals surface area contributed by atoms with Gasteiger partial charge >= 0.3 is 0 Å². The minimum absolute atomic E-state index is 0.655. The number of hydrogen-bond donors (Lipinski definition) is 6. The topological polar surface area (TPSA) is 163 Å². The number of aliphatic hydroxyl groups excluding tert-OH is 5. The smallest absolute Gasteiger partial charge is 0.249 e. The van der Waals surface area contributed by atoms with Gasteiger partial charge in [-0.3, -0.25) is 4.79 Å². The van der Waals surface area contributed by atoms with Gasteiger partial charge in [0.15, 0.2) is 12.4 Å². The van der Waals surface area contributed by atoms with Gasteiger partial charge in [0.05, 0.1) is 13.2 Å². The van der Waals surface area contributed by atoms with Crippen molar-refractivity contribution >= 4 is 5.91 Å². The van der Waals surface area contributed by atoms with E-state index in [1.165, 1.54) is 6.92 Å². The molecule has 1 amide bonds. The molecule has 1 saturated heterocycles. The van der Waals surface area contributed by atoms with E-state index in [0.717, 1.165) is 0 Å². The minimum atomic E-state index is -1.66. The summed E-state index contributed by atoms with van der Waals surface area (Å²) < 4.78 is 10.1. The predicted octanol–water partition coefficient (Wildman–Crippen LogP) is -3.96. The van der Waals surface area contributed by atoms with Crippen LogP contribution < -0.4 is 5.73 Å². The molecule has 7 N–H and O–H groups in total. The van der Waals surface area contributed by atoms with Gasteiger partial charge in [-0.15, -0.1) is 0 Å². The summed E-state index contributed by atoms with van der Waals surface area (Å²) >= 11 is 0. The Morgan fingerprint density at radius 2 is 1.95 bits per heavy atom. The normalized spacial score (nSPS) is 40.9. The average molecular weight is 281 g/mol. The predicted molar refractivity (Wildman–Crippen MR) is 59.5 cm³/mol. The third kappa shape index (κ3) is 3.20. The molecule has 0 aromatic rings. The summed E-state index contributed by atoms with van der Waals surface area (Å²) in [5.74, 6) is -0.982. The maximum absolute atomic E-state index is 10.9. The second-order valence-electron chi connectivity index (χ2n) is 4.59. The summed E-state index contributed by atoms with van der Waals surface area (Å²) in [7, 11) is 0. The second-order valence-corrected chi connectivity index (χ2v) is 4.59. The third-order valence-electron chi connectivity index (χ3n) is 3.06. The first-order valence-electron chi connectivity index (χ1n) is 5.65. The summed E-state index contributed by atoms with van der Waals surface area (Å²) in [5, 5.41) is 47.1. The zero-order valence-corrected chi connectivity index (χ0v) is 10.3. The molecule has 1 rings (SSSR count). The van der Waals surface area contributed by atoms with E-state index in [1.54, 1.807) is 0 Å². The number of amides is 1. The van der Waals surface area contributed by atoms with Crippen molar-refractivity contribution < 1.29 is 39.8 Å². The molecule has 0 aromatic heterocycles. The van der Waals surface area contributed by atoms with Crippen molar-refractivity contribution in [3.05, 3.63) is 0 Å². The summed E-state index contributed by atoms with van der Waals surface area (Å²) in [6.07, 6.45) is -7.83. The second kappa shape index (κ2) is 6.09. The number of rotatable bonds is 5. The molecule has 0 spiro atoms. The van der Waals surface area contributed by atoms with Crippen LogP contribution in [-0.4, -0.2) is 81.0 Å². The molecule has 9 nitrogen and oxygen atoms in total. The van der Waals surface area contributed by atoms with Crippen LogP contribution >= 0.6 is 0 Å². The fraction of sp³-hybridized carbons (Fsp3) is 0.900. The van der Waals surface area contributed by atoms with Gasteiger partial charge in [0.25, 0.3) is 0 Å². The molecule has 0 aromatic carbocycles. The Morgan fingerprint density at radius 1 is 1.37 bits per heavy atom. The molecule has 1 aliphatic heterocycles. The Bertz CT molecular complexity index is 327. The first-order valence-corrected chi connectivity index (χ1v) is 5.65. The van der Waals surface area contributed by atoms with Crippen molar-refractivity contribution in [1.82, 2.24) is 0 Å². The van der Waals surface area contributed by atoms with Crippen molar-refractivity contribution in [2.24, 2.45) is 5.73 Å². The molecule has 0 aliphatic carbocycles. The zero-order valence-electron chi connectivity index (χ0n) is 10.3. The molecule has 112 valence electrons. The lowest BCUT2D eigenvalue weighted by Gasteiger charge is -2.46. The number of primary amides is 1. The Morgan fingerprint density at radius 3 is 2.37 bits per heavy atom. The first-order chi connectivity index (χ1) is 8.76. The van der Waals surface area contributed by atoms with Gasteiger partial charge in [-0.1, -0.05) is 0 Å². The van der Waals surface area contributed by atoms with E-state index in [1.807, 2.05) is 0 Å². The van der Waals surface area contributed by atoms with E-state index in [0.29, 0.717) is 0 Å². The summed E-state index contributed by atoms with van der Waals surface area (Å²) in [4.78, 5) is 10.9. The van der Waals surface area contributed by atoms with Gasteiger partial charge < -0.3 is 40.7 Å². The van der Waals surface area contributed by atoms with E-state index < -0.39 is 55.4 Å². The molecule has 1 aliphatic rings. The molecule has 4 unspecified atom stereocenters. The Labute approximate surface area is 109 Å². The van der Waals surface area contributed by atoms with Gasteiger partial charge in [-0.05, 0) is 6.92 Å². The highest BCUT2D eigenvalue weighted by molar-refractivity contribution is 5.78. The van der Waals surface area contributed by atoms with E-state index in [9.17, 15) is 20.1 Å². The van der Waals surface area contributed by atoms with Gasteiger partial charge in [0, 0.05) is 0 Å². The Kier molecular flexibility index (Phi) is 5.21. The van der Waals surface area contributed by atoms with Gasteiger partial charge in [-0.25, -0.2) is 0 Å². The van der Waals surface area contributed by atoms with E-state index in [2.05, 4.69) is 0 Å². The SMILES string of the molecule is CC1(CO)O[C@H](OC(CO)C(N)=O)C(O)C(O)[C@H]1O. The van der Waals surface area contributed by atoms with Gasteiger partial charge in [-0.2, -0.15) is 0 Å². The average Bonchev–Trinajstić information content (AvgIpc) is 2.38. The van der Waals surface area contributed by atoms with Crippen LogP contribution in [-0.2, 0) is 14.3 Å². The maximum atomic E-state index is 10.9. The fourth-order valence-corrected chi connectivity index (χ4v) is 1.71. The molecular formula is C10H19NO8. The lowest BCUT2D eigenvalue weighted by atomic mass is 9.89. The highest BCUT2D eigenvalue weighted by Crippen LogP contribution is 2.30. The summed E-state index contributed by atoms with van der Waals surface area (Å²) in [5.41, 5.74) is 3.37. The van der Waals surface area contributed by atoms with Crippen LogP contribution in [0.3, 0.4) is 0 Å². The standard InChI is InChI=1S/C10H19NO8/c1-10(3-13)7(16)5(14)6(15)9(19-10)18-4(2-12)8(11)17/h4-7,9,12-16H,2-3H2,1H3,(H2,11,17)/t4?,5?,6?,7-,9+,10?/m1/s1. The van der Waals surface area contributed by atoms with Crippen molar-refractivity contribution in [2.45, 2.75) is 43.2 Å². The number of carbonyl (C=O) groups is 1. The maximum Gasteiger partial charge on any atom is 0.249 e. The number of carbonyl (C=O) groups excluding carboxylic acids is 1. The lowest BCUT2D eigenvalue weighted by Crippen LogP contribution is -2.65. The molecule has 1 fully saturated rings. The van der Waals surface area contributed by atoms with Crippen molar-refractivity contribution in [3.8, 4) is 0 Å². The number of ether oxygens (including phenoxy) is 2.